The van der Waals surface area contributed by atoms with Gasteiger partial charge in [-0.25, -0.2) is 23.1 Å². The highest BCUT2D eigenvalue weighted by molar-refractivity contribution is 7.89. The number of benzene rings is 2. The third-order valence-electron chi connectivity index (χ3n) is 7.19. The molecule has 9 heteroatoms. The van der Waals surface area contributed by atoms with Crippen LogP contribution in [0.15, 0.2) is 96.3 Å². The molecule has 5 aromatic rings. The minimum absolute atomic E-state index is 0.0178. The van der Waals surface area contributed by atoms with Gasteiger partial charge < -0.3 is 4.98 Å². The number of aromatic amines is 1. The van der Waals surface area contributed by atoms with Gasteiger partial charge >= 0.3 is 0 Å². The Hall–Kier alpha value is -3.92. The lowest BCUT2D eigenvalue weighted by atomic mass is 9.90. The van der Waals surface area contributed by atoms with Crippen molar-refractivity contribution in [1.82, 2.24) is 29.6 Å². The number of fused-ring (bicyclic) bond motifs is 2. The van der Waals surface area contributed by atoms with Gasteiger partial charge in [-0.1, -0.05) is 48.5 Å². The summed E-state index contributed by atoms with van der Waals surface area (Å²) < 4.78 is 27.7. The standard InChI is InChI=1S/C30H30N6O2S/c37-39(38,29-12-3-4-17-31-29)33-19-22-13-15-23(16-14-22)20-36(21-28-34-25-9-1-2-10-26(25)35-28)27-11-5-7-24-8-6-18-32-30(24)27/h1-4,6,8-10,12-18,27,33H,5,7,11,19-21H2,(H,34,35). The highest BCUT2D eigenvalue weighted by Crippen LogP contribution is 2.34. The van der Waals surface area contributed by atoms with E-state index in [0.717, 1.165) is 59.5 Å². The Kier molecular flexibility index (Phi) is 7.19. The van der Waals surface area contributed by atoms with Gasteiger partial charge in [-0.2, -0.15) is 0 Å². The molecule has 0 bridgehead atoms. The van der Waals surface area contributed by atoms with Crippen LogP contribution >= 0.6 is 0 Å². The van der Waals surface area contributed by atoms with Crippen LogP contribution in [0.1, 0.15) is 47.1 Å². The van der Waals surface area contributed by atoms with Crippen LogP contribution in [0.2, 0.25) is 0 Å². The van der Waals surface area contributed by atoms with E-state index in [0.29, 0.717) is 6.54 Å². The second kappa shape index (κ2) is 11.1. The molecule has 3 heterocycles. The van der Waals surface area contributed by atoms with Crippen molar-refractivity contribution in [2.75, 3.05) is 0 Å². The Labute approximate surface area is 228 Å². The van der Waals surface area contributed by atoms with E-state index in [2.05, 4.69) is 43.9 Å². The Bertz CT molecular complexity index is 1640. The van der Waals surface area contributed by atoms with Crippen molar-refractivity contribution in [1.29, 1.82) is 0 Å². The summed E-state index contributed by atoms with van der Waals surface area (Å²) in [7, 11) is -3.66. The summed E-state index contributed by atoms with van der Waals surface area (Å²) >= 11 is 0. The van der Waals surface area contributed by atoms with E-state index < -0.39 is 10.0 Å². The molecule has 0 amide bonds. The number of pyridine rings is 2. The third-order valence-corrected chi connectivity index (χ3v) is 8.50. The molecule has 2 aromatic carbocycles. The third kappa shape index (κ3) is 5.75. The molecule has 2 N–H and O–H groups in total. The monoisotopic (exact) mass is 538 g/mol. The molecule has 3 aromatic heterocycles. The molecule has 1 aliphatic carbocycles. The van der Waals surface area contributed by atoms with Gasteiger partial charge in [0.05, 0.1) is 29.3 Å². The van der Waals surface area contributed by atoms with Crippen molar-refractivity contribution in [2.45, 2.75) is 50.0 Å². The van der Waals surface area contributed by atoms with E-state index in [1.54, 1.807) is 12.1 Å². The van der Waals surface area contributed by atoms with Crippen LogP contribution in [0.25, 0.3) is 11.0 Å². The number of nitrogens with zero attached hydrogens (tertiary/aromatic N) is 4. The number of para-hydroxylation sites is 2. The number of rotatable bonds is 9. The van der Waals surface area contributed by atoms with Gasteiger partial charge in [-0.05, 0) is 66.3 Å². The summed E-state index contributed by atoms with van der Waals surface area (Å²) in [5, 5.41) is 0.0178. The first-order valence-electron chi connectivity index (χ1n) is 13.2. The van der Waals surface area contributed by atoms with Gasteiger partial charge in [0.25, 0.3) is 10.0 Å². The van der Waals surface area contributed by atoms with Crippen LogP contribution in [0, 0.1) is 0 Å². The summed E-state index contributed by atoms with van der Waals surface area (Å²) in [5.41, 5.74) is 6.50. The lowest BCUT2D eigenvalue weighted by molar-refractivity contribution is 0.153. The smallest absolute Gasteiger partial charge is 0.258 e. The van der Waals surface area contributed by atoms with Crippen molar-refractivity contribution in [2.24, 2.45) is 0 Å². The molecule has 0 spiro atoms. The molecule has 1 aliphatic rings. The zero-order valence-electron chi connectivity index (χ0n) is 21.5. The predicted octanol–water partition coefficient (Wildman–Crippen LogP) is 4.91. The van der Waals surface area contributed by atoms with E-state index in [4.69, 9.17) is 9.97 Å². The van der Waals surface area contributed by atoms with E-state index in [-0.39, 0.29) is 17.6 Å². The summed E-state index contributed by atoms with van der Waals surface area (Å²) in [6, 6.07) is 25.4. The van der Waals surface area contributed by atoms with Crippen molar-refractivity contribution in [3.8, 4) is 0 Å². The first kappa shape index (κ1) is 25.4. The van der Waals surface area contributed by atoms with Gasteiger partial charge in [0.2, 0.25) is 0 Å². The molecule has 8 nitrogen and oxygen atoms in total. The molecule has 0 fully saturated rings. The highest BCUT2D eigenvalue weighted by Gasteiger charge is 2.28. The molecule has 0 aliphatic heterocycles. The van der Waals surface area contributed by atoms with Gasteiger partial charge in [0, 0.05) is 25.5 Å². The summed E-state index contributed by atoms with van der Waals surface area (Å²) in [4.78, 5) is 19.5. The maximum atomic E-state index is 12.5. The summed E-state index contributed by atoms with van der Waals surface area (Å²) in [5.74, 6) is 0.930. The molecule has 6 rings (SSSR count). The second-order valence-electron chi connectivity index (χ2n) is 9.87. The van der Waals surface area contributed by atoms with Gasteiger partial charge in [0.15, 0.2) is 5.03 Å². The maximum Gasteiger partial charge on any atom is 0.258 e. The fourth-order valence-electron chi connectivity index (χ4n) is 5.24. The molecule has 39 heavy (non-hydrogen) atoms. The number of hydrogen-bond donors (Lipinski definition) is 2. The topological polar surface area (TPSA) is 104 Å². The van der Waals surface area contributed by atoms with Gasteiger partial charge in [0.1, 0.15) is 5.82 Å². The maximum absolute atomic E-state index is 12.5. The summed E-state index contributed by atoms with van der Waals surface area (Å²) in [6.07, 6.45) is 6.58. The Morgan fingerprint density at radius 1 is 0.872 bits per heavy atom. The quantitative estimate of drug-likeness (QED) is 0.276. The molecular formula is C30H30N6O2S. The second-order valence-corrected chi connectivity index (χ2v) is 11.6. The minimum Gasteiger partial charge on any atom is -0.341 e. The van der Waals surface area contributed by atoms with Crippen LogP contribution in [0.3, 0.4) is 0 Å². The van der Waals surface area contributed by atoms with Gasteiger partial charge in [-0.15, -0.1) is 0 Å². The molecule has 0 saturated heterocycles. The zero-order chi connectivity index (χ0) is 26.7. The molecule has 0 radical (unpaired) electrons. The van der Waals surface area contributed by atoms with Crippen molar-refractivity contribution >= 4 is 21.1 Å². The van der Waals surface area contributed by atoms with Crippen LogP contribution in [-0.2, 0) is 36.1 Å². The van der Waals surface area contributed by atoms with E-state index in [1.165, 1.54) is 17.8 Å². The number of imidazole rings is 1. The predicted molar refractivity (Wildman–Crippen MR) is 150 cm³/mol. The normalized spacial score (nSPS) is 15.5. The first-order valence-corrected chi connectivity index (χ1v) is 14.6. The van der Waals surface area contributed by atoms with Crippen LogP contribution < -0.4 is 4.72 Å². The largest absolute Gasteiger partial charge is 0.341 e. The fraction of sp³-hybridized carbons (Fsp3) is 0.233. The Balaban J connectivity index is 1.21. The lowest BCUT2D eigenvalue weighted by Gasteiger charge is -2.34. The minimum atomic E-state index is -3.66. The number of sulfonamides is 1. The summed E-state index contributed by atoms with van der Waals surface area (Å²) in [6.45, 7) is 1.58. The fourth-order valence-corrected chi connectivity index (χ4v) is 6.21. The first-order chi connectivity index (χ1) is 19.0. The molecule has 1 unspecified atom stereocenters. The van der Waals surface area contributed by atoms with Gasteiger partial charge in [-0.3, -0.25) is 9.88 Å². The molecule has 1 atom stereocenters. The number of H-pyrrole nitrogens is 1. The SMILES string of the molecule is O=S(=O)(NCc1ccc(CN(Cc2nc3ccccc3[nH]2)C2CCCc3cccnc32)cc1)c1ccccn1. The van der Waals surface area contributed by atoms with Crippen molar-refractivity contribution in [3.05, 3.63) is 119 Å². The number of nitrogens with one attached hydrogen (secondary N) is 2. The Morgan fingerprint density at radius 2 is 1.67 bits per heavy atom. The van der Waals surface area contributed by atoms with E-state index >= 15 is 0 Å². The molecule has 198 valence electrons. The van der Waals surface area contributed by atoms with Crippen molar-refractivity contribution < 1.29 is 8.42 Å². The van der Waals surface area contributed by atoms with Crippen LogP contribution in [-0.4, -0.2) is 33.3 Å². The average molecular weight is 539 g/mol. The molecular weight excluding hydrogens is 508 g/mol. The van der Waals surface area contributed by atoms with E-state index in [1.807, 2.05) is 42.6 Å². The Morgan fingerprint density at radius 3 is 2.49 bits per heavy atom. The zero-order valence-corrected chi connectivity index (χ0v) is 22.3. The lowest BCUT2D eigenvalue weighted by Crippen LogP contribution is -2.31. The number of aromatic nitrogens is 4. The number of hydrogen-bond acceptors (Lipinski definition) is 6. The highest BCUT2D eigenvalue weighted by atomic mass is 32.2. The van der Waals surface area contributed by atoms with Crippen molar-refractivity contribution in [3.63, 3.8) is 0 Å². The van der Waals surface area contributed by atoms with Crippen LogP contribution in [0.4, 0.5) is 0 Å². The molecule has 0 saturated carbocycles. The average Bonchev–Trinajstić information content (AvgIpc) is 3.39. The van der Waals surface area contributed by atoms with E-state index in [9.17, 15) is 8.42 Å². The van der Waals surface area contributed by atoms with Crippen LogP contribution in [0.5, 0.6) is 0 Å². The number of aryl methyl sites for hydroxylation is 1.